The Morgan fingerprint density at radius 2 is 1.97 bits per heavy atom. The summed E-state index contributed by atoms with van der Waals surface area (Å²) in [5, 5.41) is 35.5. The van der Waals surface area contributed by atoms with Gasteiger partial charge in [0.2, 0.25) is 12.2 Å². The summed E-state index contributed by atoms with van der Waals surface area (Å²) < 4.78 is 36.8. The van der Waals surface area contributed by atoms with E-state index in [1.807, 2.05) is 20.8 Å². The Hall–Kier alpha value is -2.25. The van der Waals surface area contributed by atoms with Gasteiger partial charge in [0.05, 0.1) is 11.6 Å². The van der Waals surface area contributed by atoms with Crippen LogP contribution in [0.5, 0.6) is 5.88 Å². The van der Waals surface area contributed by atoms with Crippen LogP contribution in [0.3, 0.4) is 0 Å². The van der Waals surface area contributed by atoms with Crippen LogP contribution in [0.1, 0.15) is 36.7 Å². The molecule has 0 amide bonds. The number of methoxy groups -OCH3 is 1. The van der Waals surface area contributed by atoms with Crippen LogP contribution in [0.15, 0.2) is 22.7 Å². The number of hydrogen-bond donors (Lipinski definition) is 3. The Balaban J connectivity index is 1.88. The monoisotopic (exact) mass is 546 g/mol. The molecule has 0 spiro atoms. The number of nitrogens with zero attached hydrogens (tertiary/aromatic N) is 2. The molecule has 2 aromatic rings. The highest BCUT2D eigenvalue weighted by atomic mass is 79.9. The van der Waals surface area contributed by atoms with Crippen molar-refractivity contribution in [1.82, 2.24) is 9.78 Å². The van der Waals surface area contributed by atoms with E-state index >= 15 is 0 Å². The van der Waals surface area contributed by atoms with Crippen molar-refractivity contribution in [3.8, 4) is 5.88 Å². The normalized spacial score (nSPS) is 24.8. The second-order valence-electron chi connectivity index (χ2n) is 8.23. The van der Waals surface area contributed by atoms with E-state index in [4.69, 9.17) is 14.2 Å². The van der Waals surface area contributed by atoms with Crippen molar-refractivity contribution in [1.29, 1.82) is 0 Å². The number of halogens is 2. The van der Waals surface area contributed by atoms with Crippen molar-refractivity contribution in [3.63, 3.8) is 0 Å². The molecule has 3 N–H and O–H groups in total. The molecule has 1 aliphatic heterocycles. The minimum atomic E-state index is -1.64. The third kappa shape index (κ3) is 5.69. The zero-order valence-corrected chi connectivity index (χ0v) is 20.7. The molecule has 1 aromatic heterocycles. The van der Waals surface area contributed by atoms with E-state index in [2.05, 4.69) is 25.8 Å². The third-order valence-corrected chi connectivity index (χ3v) is 6.16. The van der Waals surface area contributed by atoms with Crippen molar-refractivity contribution in [2.45, 2.75) is 63.9 Å². The lowest BCUT2D eigenvalue weighted by atomic mass is 9.99. The summed E-state index contributed by atoms with van der Waals surface area (Å²) in [4.78, 5) is 11.3. The Bertz CT molecular complexity index is 1020. The van der Waals surface area contributed by atoms with Crippen LogP contribution in [0, 0.1) is 12.7 Å². The van der Waals surface area contributed by atoms with E-state index in [-0.39, 0.29) is 18.3 Å². The highest BCUT2D eigenvalue weighted by Gasteiger charge is 2.46. The van der Waals surface area contributed by atoms with Gasteiger partial charge in [0.15, 0.2) is 0 Å². The minimum Gasteiger partial charge on any atom is -0.443 e. The predicted octanol–water partition coefficient (Wildman–Crippen LogP) is 2.23. The molecule has 0 saturated carbocycles. The fourth-order valence-corrected chi connectivity index (χ4v) is 3.90. The molecule has 3 rings (SSSR count). The molecule has 1 unspecified atom stereocenters. The summed E-state index contributed by atoms with van der Waals surface area (Å²) in [7, 11) is 1.12. The molecular formula is C22H28BrFN2O8. The summed E-state index contributed by atoms with van der Waals surface area (Å²) >= 11 is 3.14. The molecule has 5 atom stereocenters. The number of aliphatic hydroxyl groups is 3. The van der Waals surface area contributed by atoms with Crippen LogP contribution in [0.25, 0.3) is 0 Å². The molecule has 0 aliphatic carbocycles. The van der Waals surface area contributed by atoms with E-state index in [0.29, 0.717) is 15.6 Å². The summed E-state index contributed by atoms with van der Waals surface area (Å²) in [6.07, 6.45) is -8.14. The van der Waals surface area contributed by atoms with Gasteiger partial charge in [-0.25, -0.2) is 9.18 Å². The fourth-order valence-electron chi connectivity index (χ4n) is 3.65. The van der Waals surface area contributed by atoms with Crippen LogP contribution in [0.4, 0.5) is 9.18 Å². The number of benzene rings is 1. The van der Waals surface area contributed by atoms with Gasteiger partial charge < -0.3 is 34.3 Å². The number of hydrogen-bond acceptors (Lipinski definition) is 9. The van der Waals surface area contributed by atoms with Gasteiger partial charge >= 0.3 is 6.16 Å². The Morgan fingerprint density at radius 3 is 2.59 bits per heavy atom. The molecule has 1 fully saturated rings. The first kappa shape index (κ1) is 26.4. The maximum atomic E-state index is 14.1. The van der Waals surface area contributed by atoms with E-state index in [9.17, 15) is 24.5 Å². The largest absolute Gasteiger partial charge is 0.508 e. The standard InChI is InChI=1S/C22H28BrFN2O8/c1-10(2)26-11(3)13(7-12-5-6-14(23)15(24)8-12)20(25-26)34-21-19(29)18(28)17(27)16(33-21)9-32-22(30)31-4/h5-6,8,10,16-19,21,27-29H,7,9H2,1-4H3/t16?,17-,18+,19-,21+/m1/s1. The topological polar surface area (TPSA) is 132 Å². The first-order valence-corrected chi connectivity index (χ1v) is 11.4. The average Bonchev–Trinajstić information content (AvgIpc) is 3.10. The van der Waals surface area contributed by atoms with Gasteiger partial charge in [0.1, 0.15) is 36.8 Å². The lowest BCUT2D eigenvalue weighted by Crippen LogP contribution is -2.60. The molecule has 0 radical (unpaired) electrons. The number of aliphatic hydroxyl groups excluding tert-OH is 3. The quantitative estimate of drug-likeness (QED) is 0.447. The Morgan fingerprint density at radius 1 is 1.26 bits per heavy atom. The Kier molecular flexibility index (Phi) is 8.52. The second kappa shape index (κ2) is 11.0. The average molecular weight is 547 g/mol. The van der Waals surface area contributed by atoms with Gasteiger partial charge in [-0.05, 0) is 54.4 Å². The van der Waals surface area contributed by atoms with E-state index < -0.39 is 49.3 Å². The molecule has 2 heterocycles. The van der Waals surface area contributed by atoms with Crippen LogP contribution in [-0.4, -0.2) is 75.7 Å². The highest BCUT2D eigenvalue weighted by molar-refractivity contribution is 9.10. The second-order valence-corrected chi connectivity index (χ2v) is 9.08. The van der Waals surface area contributed by atoms with Gasteiger partial charge in [-0.3, -0.25) is 4.68 Å². The Labute approximate surface area is 204 Å². The van der Waals surface area contributed by atoms with Crippen LogP contribution < -0.4 is 4.74 Å². The highest BCUT2D eigenvalue weighted by Crippen LogP contribution is 2.31. The number of ether oxygens (including phenoxy) is 4. The van der Waals surface area contributed by atoms with Crippen molar-refractivity contribution in [2.75, 3.05) is 13.7 Å². The van der Waals surface area contributed by atoms with Crippen LogP contribution in [-0.2, 0) is 20.6 Å². The lowest BCUT2D eigenvalue weighted by Gasteiger charge is -2.39. The predicted molar refractivity (Wildman–Crippen MR) is 120 cm³/mol. The fraction of sp³-hybridized carbons (Fsp3) is 0.545. The number of rotatable bonds is 7. The number of aromatic nitrogens is 2. The van der Waals surface area contributed by atoms with Gasteiger partial charge in [0, 0.05) is 23.7 Å². The minimum absolute atomic E-state index is 0.0245. The number of carbonyl (C=O) groups excluding carboxylic acids is 1. The molecule has 12 heteroatoms. The van der Waals surface area contributed by atoms with Crippen LogP contribution in [0.2, 0.25) is 0 Å². The van der Waals surface area contributed by atoms with E-state index in [0.717, 1.165) is 12.8 Å². The first-order valence-electron chi connectivity index (χ1n) is 10.6. The molecular weight excluding hydrogens is 519 g/mol. The van der Waals surface area contributed by atoms with Crippen LogP contribution >= 0.6 is 15.9 Å². The molecule has 34 heavy (non-hydrogen) atoms. The summed E-state index contributed by atoms with van der Waals surface area (Å²) in [6, 6.07) is 4.73. The van der Waals surface area contributed by atoms with Crippen molar-refractivity contribution < 1.29 is 43.5 Å². The van der Waals surface area contributed by atoms with Crippen molar-refractivity contribution in [2.24, 2.45) is 0 Å². The SMILES string of the molecule is COC(=O)OCC1O[C@@H](Oc2nn(C(C)C)c(C)c2Cc2ccc(Br)c(F)c2)[C@H](O)[C@@H](O)[C@@H]1O. The summed E-state index contributed by atoms with van der Waals surface area (Å²) in [5.41, 5.74) is 2.07. The van der Waals surface area contributed by atoms with Crippen molar-refractivity contribution in [3.05, 3.63) is 45.3 Å². The van der Waals surface area contributed by atoms with E-state index in [1.54, 1.807) is 16.8 Å². The molecule has 1 saturated heterocycles. The molecule has 0 bridgehead atoms. The molecule has 1 aromatic carbocycles. The maximum absolute atomic E-state index is 14.1. The zero-order valence-electron chi connectivity index (χ0n) is 19.1. The third-order valence-electron chi connectivity index (χ3n) is 5.52. The van der Waals surface area contributed by atoms with Crippen molar-refractivity contribution >= 4 is 22.1 Å². The van der Waals surface area contributed by atoms with Gasteiger partial charge in [0.25, 0.3) is 0 Å². The maximum Gasteiger partial charge on any atom is 0.508 e. The molecule has 10 nitrogen and oxygen atoms in total. The molecule has 1 aliphatic rings. The number of carbonyl (C=O) groups is 1. The smallest absolute Gasteiger partial charge is 0.443 e. The van der Waals surface area contributed by atoms with Gasteiger partial charge in [-0.15, -0.1) is 5.10 Å². The summed E-state index contributed by atoms with van der Waals surface area (Å²) in [6.45, 7) is 5.26. The zero-order chi connectivity index (χ0) is 25.2. The van der Waals surface area contributed by atoms with E-state index in [1.165, 1.54) is 6.07 Å². The summed E-state index contributed by atoms with van der Waals surface area (Å²) in [5.74, 6) is -0.291. The lowest BCUT2D eigenvalue weighted by molar-refractivity contribution is -0.278. The first-order chi connectivity index (χ1) is 16.0. The molecule has 188 valence electrons. The van der Waals surface area contributed by atoms with Gasteiger partial charge in [-0.1, -0.05) is 6.07 Å². The van der Waals surface area contributed by atoms with Gasteiger partial charge in [-0.2, -0.15) is 0 Å².